The summed E-state index contributed by atoms with van der Waals surface area (Å²) >= 11 is 0. The van der Waals surface area contributed by atoms with E-state index in [4.69, 9.17) is 0 Å². The highest BCUT2D eigenvalue weighted by Gasteiger charge is 2.21. The summed E-state index contributed by atoms with van der Waals surface area (Å²) < 4.78 is 4.24. The van der Waals surface area contributed by atoms with Crippen LogP contribution in [0.4, 0.5) is 0 Å². The first-order chi connectivity index (χ1) is 9.69. The standard InChI is InChI=1S/C15H23N5/c1-4-19-8-7-16-15(19)10-20-12(3)14(11(2)18-20)9-17-13-5-6-13/h7-8,13,17H,4-6,9-10H2,1-3H3. The number of nitrogens with zero attached hydrogens (tertiary/aromatic N) is 4. The van der Waals surface area contributed by atoms with Crippen molar-refractivity contribution in [3.63, 3.8) is 0 Å². The van der Waals surface area contributed by atoms with E-state index in [1.807, 2.05) is 12.4 Å². The molecule has 1 aliphatic carbocycles. The van der Waals surface area contributed by atoms with Gasteiger partial charge < -0.3 is 9.88 Å². The molecule has 0 aromatic carbocycles. The zero-order valence-electron chi connectivity index (χ0n) is 12.6. The van der Waals surface area contributed by atoms with Gasteiger partial charge in [-0.25, -0.2) is 4.98 Å². The van der Waals surface area contributed by atoms with Crippen LogP contribution in [0.5, 0.6) is 0 Å². The van der Waals surface area contributed by atoms with E-state index in [1.165, 1.54) is 24.1 Å². The summed E-state index contributed by atoms with van der Waals surface area (Å²) in [5.74, 6) is 1.07. The molecule has 5 nitrogen and oxygen atoms in total. The zero-order valence-corrected chi connectivity index (χ0v) is 12.6. The van der Waals surface area contributed by atoms with Gasteiger partial charge in [-0.05, 0) is 33.6 Å². The summed E-state index contributed by atoms with van der Waals surface area (Å²) in [4.78, 5) is 4.43. The largest absolute Gasteiger partial charge is 0.334 e. The summed E-state index contributed by atoms with van der Waals surface area (Å²) in [5.41, 5.74) is 3.72. The molecule has 0 saturated heterocycles. The summed E-state index contributed by atoms with van der Waals surface area (Å²) in [7, 11) is 0. The number of aromatic nitrogens is 4. The third kappa shape index (κ3) is 2.63. The van der Waals surface area contributed by atoms with Crippen molar-refractivity contribution in [2.24, 2.45) is 0 Å². The molecule has 0 unspecified atom stereocenters. The van der Waals surface area contributed by atoms with Gasteiger partial charge in [0, 0.05) is 42.8 Å². The van der Waals surface area contributed by atoms with Crippen LogP contribution in [0.3, 0.4) is 0 Å². The van der Waals surface area contributed by atoms with E-state index >= 15 is 0 Å². The molecule has 2 heterocycles. The Morgan fingerprint density at radius 3 is 2.85 bits per heavy atom. The average Bonchev–Trinajstić information content (AvgIpc) is 3.09. The van der Waals surface area contributed by atoms with Gasteiger partial charge in [-0.2, -0.15) is 5.10 Å². The van der Waals surface area contributed by atoms with E-state index in [0.29, 0.717) is 0 Å². The smallest absolute Gasteiger partial charge is 0.130 e. The van der Waals surface area contributed by atoms with Gasteiger partial charge in [0.15, 0.2) is 0 Å². The summed E-state index contributed by atoms with van der Waals surface area (Å²) in [6.45, 7) is 9.02. The molecule has 1 fully saturated rings. The lowest BCUT2D eigenvalue weighted by Gasteiger charge is -2.08. The fourth-order valence-electron chi connectivity index (χ4n) is 2.59. The van der Waals surface area contributed by atoms with Crippen LogP contribution in [-0.2, 0) is 19.6 Å². The molecule has 1 saturated carbocycles. The highest BCUT2D eigenvalue weighted by atomic mass is 15.3. The first-order valence-electron chi connectivity index (χ1n) is 7.45. The molecule has 2 aromatic rings. The van der Waals surface area contributed by atoms with Crippen molar-refractivity contribution in [3.05, 3.63) is 35.2 Å². The van der Waals surface area contributed by atoms with E-state index in [1.54, 1.807) is 0 Å². The molecule has 20 heavy (non-hydrogen) atoms. The zero-order chi connectivity index (χ0) is 14.1. The molecule has 0 bridgehead atoms. The Kier molecular flexibility index (Phi) is 3.61. The van der Waals surface area contributed by atoms with Crippen LogP contribution < -0.4 is 5.32 Å². The molecule has 0 atom stereocenters. The maximum absolute atomic E-state index is 4.68. The predicted octanol–water partition coefficient (Wildman–Crippen LogP) is 2.02. The fraction of sp³-hybridized carbons (Fsp3) is 0.600. The Hall–Kier alpha value is -1.62. The van der Waals surface area contributed by atoms with E-state index in [0.717, 1.165) is 37.2 Å². The minimum absolute atomic E-state index is 0.733. The molecule has 0 aliphatic heterocycles. The average molecular weight is 273 g/mol. The Labute approximate surface area is 120 Å². The van der Waals surface area contributed by atoms with Gasteiger partial charge in [0.1, 0.15) is 5.82 Å². The van der Waals surface area contributed by atoms with Gasteiger partial charge >= 0.3 is 0 Å². The minimum atomic E-state index is 0.733. The Morgan fingerprint density at radius 2 is 2.15 bits per heavy atom. The second-order valence-electron chi connectivity index (χ2n) is 5.59. The number of imidazole rings is 1. The van der Waals surface area contributed by atoms with Crippen LogP contribution in [0, 0.1) is 13.8 Å². The predicted molar refractivity (Wildman–Crippen MR) is 78.6 cm³/mol. The van der Waals surface area contributed by atoms with Crippen LogP contribution in [0.25, 0.3) is 0 Å². The normalized spacial score (nSPS) is 14.9. The highest BCUT2D eigenvalue weighted by molar-refractivity contribution is 5.25. The van der Waals surface area contributed by atoms with Crippen molar-refractivity contribution in [2.45, 2.75) is 59.3 Å². The third-order valence-electron chi connectivity index (χ3n) is 4.11. The Bertz CT molecular complexity index is 591. The van der Waals surface area contributed by atoms with Crippen molar-refractivity contribution in [1.29, 1.82) is 0 Å². The molecular weight excluding hydrogens is 250 g/mol. The molecule has 0 spiro atoms. The van der Waals surface area contributed by atoms with Crippen molar-refractivity contribution >= 4 is 0 Å². The van der Waals surface area contributed by atoms with E-state index in [-0.39, 0.29) is 0 Å². The maximum Gasteiger partial charge on any atom is 0.130 e. The molecule has 2 aromatic heterocycles. The molecule has 0 amide bonds. The number of rotatable bonds is 6. The van der Waals surface area contributed by atoms with Gasteiger partial charge in [0.25, 0.3) is 0 Å². The summed E-state index contributed by atoms with van der Waals surface area (Å²) in [5, 5.41) is 8.26. The molecule has 1 N–H and O–H groups in total. The quantitative estimate of drug-likeness (QED) is 0.876. The second kappa shape index (κ2) is 5.40. The van der Waals surface area contributed by atoms with Crippen molar-refractivity contribution in [2.75, 3.05) is 0 Å². The van der Waals surface area contributed by atoms with Gasteiger partial charge in [-0.3, -0.25) is 4.68 Å². The number of nitrogens with one attached hydrogen (secondary N) is 1. The van der Waals surface area contributed by atoms with E-state index < -0.39 is 0 Å². The molecule has 1 aliphatic rings. The van der Waals surface area contributed by atoms with Crippen LogP contribution in [0.15, 0.2) is 12.4 Å². The van der Waals surface area contributed by atoms with Crippen LogP contribution >= 0.6 is 0 Å². The molecule has 3 rings (SSSR count). The monoisotopic (exact) mass is 273 g/mol. The molecular formula is C15H23N5. The summed E-state index contributed by atoms with van der Waals surface area (Å²) in [6, 6.07) is 0.733. The lowest BCUT2D eigenvalue weighted by molar-refractivity contribution is 0.590. The van der Waals surface area contributed by atoms with E-state index in [9.17, 15) is 0 Å². The fourth-order valence-corrected chi connectivity index (χ4v) is 2.59. The second-order valence-corrected chi connectivity index (χ2v) is 5.59. The Morgan fingerprint density at radius 1 is 1.35 bits per heavy atom. The minimum Gasteiger partial charge on any atom is -0.334 e. The van der Waals surface area contributed by atoms with Gasteiger partial charge in [-0.1, -0.05) is 0 Å². The van der Waals surface area contributed by atoms with Crippen molar-refractivity contribution < 1.29 is 0 Å². The molecule has 5 heteroatoms. The van der Waals surface area contributed by atoms with Crippen molar-refractivity contribution in [1.82, 2.24) is 24.6 Å². The third-order valence-corrected chi connectivity index (χ3v) is 4.11. The van der Waals surface area contributed by atoms with Gasteiger partial charge in [0.2, 0.25) is 0 Å². The lowest BCUT2D eigenvalue weighted by atomic mass is 10.2. The van der Waals surface area contributed by atoms with Crippen molar-refractivity contribution in [3.8, 4) is 0 Å². The SMILES string of the molecule is CCn1ccnc1Cn1nc(C)c(CNC2CC2)c1C. The van der Waals surface area contributed by atoms with Crippen LogP contribution in [0.1, 0.15) is 42.5 Å². The summed E-state index contributed by atoms with van der Waals surface area (Å²) in [6.07, 6.45) is 6.52. The van der Waals surface area contributed by atoms with Gasteiger partial charge in [0.05, 0.1) is 12.2 Å². The highest BCUT2D eigenvalue weighted by Crippen LogP contribution is 2.21. The first kappa shape index (κ1) is 13.4. The molecule has 108 valence electrons. The maximum atomic E-state index is 4.68. The lowest BCUT2D eigenvalue weighted by Crippen LogP contribution is -2.16. The van der Waals surface area contributed by atoms with Crippen LogP contribution in [-0.4, -0.2) is 25.4 Å². The number of hydrogen-bond acceptors (Lipinski definition) is 3. The topological polar surface area (TPSA) is 47.7 Å². The number of aryl methyl sites for hydroxylation is 2. The Balaban J connectivity index is 1.77. The first-order valence-corrected chi connectivity index (χ1v) is 7.45. The molecule has 0 radical (unpaired) electrons. The van der Waals surface area contributed by atoms with Crippen LogP contribution in [0.2, 0.25) is 0 Å². The van der Waals surface area contributed by atoms with Gasteiger partial charge in [-0.15, -0.1) is 0 Å². The number of hydrogen-bond donors (Lipinski definition) is 1. The van der Waals surface area contributed by atoms with E-state index in [2.05, 4.69) is 45.4 Å².